The van der Waals surface area contributed by atoms with Gasteiger partial charge in [0.15, 0.2) is 6.61 Å². The lowest BCUT2D eigenvalue weighted by molar-refractivity contribution is -0.133. The topological polar surface area (TPSA) is 51.5 Å². The zero-order chi connectivity index (χ0) is 19.3. The van der Waals surface area contributed by atoms with E-state index in [4.69, 9.17) is 4.74 Å². The molecule has 0 aliphatic heterocycles. The molecule has 0 N–H and O–H groups in total. The highest BCUT2D eigenvalue weighted by Crippen LogP contribution is 2.20. The number of aromatic nitrogens is 1. The van der Waals surface area contributed by atoms with Gasteiger partial charge in [0.05, 0.1) is 12.1 Å². The number of nitrogens with zero attached hydrogens (tertiary/aromatic N) is 2. The maximum absolute atomic E-state index is 12.4. The average Bonchev–Trinajstić information content (AvgIpc) is 3.20. The number of hydrogen-bond acceptors (Lipinski definition) is 4. The maximum Gasteiger partial charge on any atom is 0.340 e. The van der Waals surface area contributed by atoms with E-state index in [0.29, 0.717) is 18.7 Å². The summed E-state index contributed by atoms with van der Waals surface area (Å²) in [7, 11) is 0. The van der Waals surface area contributed by atoms with Crippen LogP contribution in [0.25, 0.3) is 0 Å². The van der Waals surface area contributed by atoms with E-state index in [1.54, 1.807) is 16.2 Å². The van der Waals surface area contributed by atoms with Crippen LogP contribution in [-0.2, 0) is 16.1 Å². The lowest BCUT2D eigenvalue weighted by Gasteiger charge is -2.20. The third-order valence-electron chi connectivity index (χ3n) is 4.21. The van der Waals surface area contributed by atoms with E-state index in [-0.39, 0.29) is 12.5 Å². The van der Waals surface area contributed by atoms with Crippen molar-refractivity contribution in [3.63, 3.8) is 0 Å². The molecule has 0 aliphatic rings. The molecule has 2 aromatic rings. The van der Waals surface area contributed by atoms with Crippen LogP contribution in [0.3, 0.4) is 0 Å². The zero-order valence-electron chi connectivity index (χ0n) is 15.9. The van der Waals surface area contributed by atoms with Gasteiger partial charge in [0.1, 0.15) is 0 Å². The number of aryl methyl sites for hydroxylation is 1. The zero-order valence-corrected chi connectivity index (χ0v) is 16.7. The predicted molar refractivity (Wildman–Crippen MR) is 105 cm³/mol. The van der Waals surface area contributed by atoms with Crippen LogP contribution in [0, 0.1) is 13.8 Å². The van der Waals surface area contributed by atoms with E-state index in [0.717, 1.165) is 23.5 Å². The van der Waals surface area contributed by atoms with Crippen LogP contribution in [0.15, 0.2) is 35.7 Å². The molecular formula is C20H26N2O3S. The van der Waals surface area contributed by atoms with Crippen molar-refractivity contribution in [1.82, 2.24) is 9.47 Å². The van der Waals surface area contributed by atoms with Gasteiger partial charge in [-0.2, -0.15) is 0 Å². The van der Waals surface area contributed by atoms with Crippen LogP contribution >= 0.6 is 11.3 Å². The van der Waals surface area contributed by atoms with E-state index in [9.17, 15) is 9.59 Å². The van der Waals surface area contributed by atoms with Crippen LogP contribution in [0.2, 0.25) is 0 Å². The second-order valence-electron chi connectivity index (χ2n) is 6.39. The number of esters is 1. The summed E-state index contributed by atoms with van der Waals surface area (Å²) in [6.45, 7) is 12.9. The van der Waals surface area contributed by atoms with Gasteiger partial charge in [-0.25, -0.2) is 4.79 Å². The van der Waals surface area contributed by atoms with Gasteiger partial charge in [0, 0.05) is 29.4 Å². The molecular weight excluding hydrogens is 348 g/mol. The number of ether oxygens (including phenoxy) is 1. The molecule has 2 aromatic heterocycles. The Morgan fingerprint density at radius 1 is 1.35 bits per heavy atom. The van der Waals surface area contributed by atoms with E-state index >= 15 is 0 Å². The first-order chi connectivity index (χ1) is 12.3. The standard InChI is InChI=1S/C20H26N2O3S/c1-6-21(11-14(2)3)19(23)13-25-20(24)18-10-15(4)22(16(18)5)12-17-8-7-9-26-17/h7-10H,2,6,11-13H2,1,3-5H3. The van der Waals surface area contributed by atoms with Gasteiger partial charge in [0.25, 0.3) is 5.91 Å². The Bertz CT molecular complexity index is 790. The van der Waals surface area contributed by atoms with Gasteiger partial charge >= 0.3 is 5.97 Å². The first-order valence-electron chi connectivity index (χ1n) is 8.61. The molecule has 2 heterocycles. The molecule has 0 bridgehead atoms. The Morgan fingerprint density at radius 2 is 2.08 bits per heavy atom. The summed E-state index contributed by atoms with van der Waals surface area (Å²) in [4.78, 5) is 27.5. The molecule has 5 nitrogen and oxygen atoms in total. The first-order valence-corrected chi connectivity index (χ1v) is 9.49. The molecule has 0 aliphatic carbocycles. The minimum absolute atomic E-state index is 0.212. The van der Waals surface area contributed by atoms with Gasteiger partial charge in [-0.3, -0.25) is 4.79 Å². The maximum atomic E-state index is 12.4. The Morgan fingerprint density at radius 3 is 2.65 bits per heavy atom. The van der Waals surface area contributed by atoms with Crippen molar-refractivity contribution >= 4 is 23.2 Å². The molecule has 0 spiro atoms. The summed E-state index contributed by atoms with van der Waals surface area (Å²) in [6.07, 6.45) is 0. The second kappa shape index (κ2) is 8.85. The third kappa shape index (κ3) is 4.85. The summed E-state index contributed by atoms with van der Waals surface area (Å²) >= 11 is 1.68. The Labute approximate surface area is 158 Å². The highest BCUT2D eigenvalue weighted by molar-refractivity contribution is 7.09. The Balaban J connectivity index is 2.03. The number of likely N-dealkylation sites (N-methyl/N-ethyl adjacent to an activating group) is 1. The molecule has 0 fully saturated rings. The second-order valence-corrected chi connectivity index (χ2v) is 7.42. The first kappa shape index (κ1) is 20.0. The normalized spacial score (nSPS) is 10.6. The van der Waals surface area contributed by atoms with Crippen LogP contribution in [0.1, 0.15) is 40.5 Å². The molecule has 0 aromatic carbocycles. The van der Waals surface area contributed by atoms with E-state index in [1.165, 1.54) is 4.88 Å². The minimum atomic E-state index is -0.463. The van der Waals surface area contributed by atoms with Crippen molar-refractivity contribution in [1.29, 1.82) is 0 Å². The smallest absolute Gasteiger partial charge is 0.340 e. The highest BCUT2D eigenvalue weighted by atomic mass is 32.1. The van der Waals surface area contributed by atoms with E-state index in [1.807, 2.05) is 45.2 Å². The Hall–Kier alpha value is -2.34. The summed E-state index contributed by atoms with van der Waals surface area (Å²) in [5, 5.41) is 2.04. The average molecular weight is 375 g/mol. The van der Waals surface area contributed by atoms with Crippen LogP contribution in [0.5, 0.6) is 0 Å². The van der Waals surface area contributed by atoms with Gasteiger partial charge in [-0.15, -0.1) is 11.3 Å². The SMILES string of the molecule is C=C(C)CN(CC)C(=O)COC(=O)c1cc(C)n(Cc2cccs2)c1C. The summed E-state index contributed by atoms with van der Waals surface area (Å²) in [6, 6.07) is 5.90. The van der Waals surface area contributed by atoms with Crippen LogP contribution in [0.4, 0.5) is 0 Å². The van der Waals surface area contributed by atoms with Gasteiger partial charge in [-0.05, 0) is 45.2 Å². The van der Waals surface area contributed by atoms with Crippen molar-refractivity contribution in [2.24, 2.45) is 0 Å². The monoisotopic (exact) mass is 374 g/mol. The molecule has 0 saturated heterocycles. The molecule has 140 valence electrons. The molecule has 2 rings (SSSR count). The van der Waals surface area contributed by atoms with Gasteiger partial charge < -0.3 is 14.2 Å². The fraction of sp³-hybridized carbons (Fsp3) is 0.400. The quantitative estimate of drug-likeness (QED) is 0.522. The number of carbonyl (C=O) groups excluding carboxylic acids is 2. The number of rotatable bonds is 8. The minimum Gasteiger partial charge on any atom is -0.452 e. The van der Waals surface area contributed by atoms with Crippen molar-refractivity contribution < 1.29 is 14.3 Å². The van der Waals surface area contributed by atoms with Gasteiger partial charge in [-0.1, -0.05) is 18.2 Å². The molecule has 0 unspecified atom stereocenters. The van der Waals surface area contributed by atoms with Crippen molar-refractivity contribution in [2.45, 2.75) is 34.2 Å². The lowest BCUT2D eigenvalue weighted by Crippen LogP contribution is -2.35. The molecule has 0 saturated carbocycles. The number of thiophene rings is 1. The Kier molecular flexibility index (Phi) is 6.80. The molecule has 0 atom stereocenters. The summed E-state index contributed by atoms with van der Waals surface area (Å²) in [5.41, 5.74) is 3.24. The van der Waals surface area contributed by atoms with Crippen LogP contribution in [-0.4, -0.2) is 41.0 Å². The van der Waals surface area contributed by atoms with Crippen LogP contribution < -0.4 is 0 Å². The van der Waals surface area contributed by atoms with Crippen molar-refractivity contribution in [3.8, 4) is 0 Å². The van der Waals surface area contributed by atoms with E-state index in [2.05, 4.69) is 17.2 Å². The van der Waals surface area contributed by atoms with Gasteiger partial charge in [0.2, 0.25) is 0 Å². The molecule has 0 radical (unpaired) electrons. The highest BCUT2D eigenvalue weighted by Gasteiger charge is 2.20. The lowest BCUT2D eigenvalue weighted by atomic mass is 10.2. The fourth-order valence-electron chi connectivity index (χ4n) is 2.81. The molecule has 1 amide bonds. The van der Waals surface area contributed by atoms with Crippen molar-refractivity contribution in [3.05, 3.63) is 57.6 Å². The molecule has 6 heteroatoms. The predicted octanol–water partition coefficient (Wildman–Crippen LogP) is 3.80. The third-order valence-corrected chi connectivity index (χ3v) is 5.07. The van der Waals surface area contributed by atoms with Crippen molar-refractivity contribution in [2.75, 3.05) is 19.7 Å². The van der Waals surface area contributed by atoms with E-state index < -0.39 is 5.97 Å². The number of carbonyl (C=O) groups is 2. The summed E-state index contributed by atoms with van der Waals surface area (Å²) in [5.74, 6) is -0.675. The number of hydrogen-bond donors (Lipinski definition) is 0. The molecule has 26 heavy (non-hydrogen) atoms. The number of amides is 1. The summed E-state index contributed by atoms with van der Waals surface area (Å²) < 4.78 is 7.36. The fourth-order valence-corrected chi connectivity index (χ4v) is 3.50. The largest absolute Gasteiger partial charge is 0.452 e.